The number of likely N-dealkylation sites (N-methyl/N-ethyl adjacent to an activating group) is 1. The molecule has 1 radical (unpaired) electrons. The highest BCUT2D eigenvalue weighted by Gasteiger charge is 2.23. The molecular formula is C20H24N3O3. The number of ether oxygens (including phenoxy) is 1. The van der Waals surface area contributed by atoms with Crippen LogP contribution in [0.4, 0.5) is 11.4 Å². The lowest BCUT2D eigenvalue weighted by atomic mass is 10.1. The average molecular weight is 354 g/mol. The fraction of sp³-hybridized carbons (Fsp3) is 0.350. The van der Waals surface area contributed by atoms with Crippen LogP contribution in [0.5, 0.6) is 5.75 Å². The van der Waals surface area contributed by atoms with E-state index in [1.807, 2.05) is 43.3 Å². The zero-order valence-corrected chi connectivity index (χ0v) is 15.2. The molecule has 6 nitrogen and oxygen atoms in total. The molecule has 1 saturated heterocycles. The average Bonchev–Trinajstić information content (AvgIpc) is 2.63. The van der Waals surface area contributed by atoms with E-state index in [2.05, 4.69) is 23.8 Å². The molecule has 0 saturated carbocycles. The highest BCUT2D eigenvalue weighted by atomic mass is 16.6. The fourth-order valence-corrected chi connectivity index (χ4v) is 3.07. The maximum Gasteiger partial charge on any atom is 0.276 e. The lowest BCUT2D eigenvalue weighted by Crippen LogP contribution is -2.44. The van der Waals surface area contributed by atoms with Gasteiger partial charge in [0.1, 0.15) is 11.9 Å². The summed E-state index contributed by atoms with van der Waals surface area (Å²) in [6, 6.07) is 12.8. The van der Waals surface area contributed by atoms with Gasteiger partial charge in [-0.15, -0.1) is 0 Å². The third kappa shape index (κ3) is 4.14. The van der Waals surface area contributed by atoms with Crippen LogP contribution in [0.2, 0.25) is 0 Å². The first-order valence-corrected chi connectivity index (χ1v) is 8.72. The minimum Gasteiger partial charge on any atom is -0.485 e. The summed E-state index contributed by atoms with van der Waals surface area (Å²) in [6.07, 6.45) is -0.662. The minimum atomic E-state index is -0.662. The number of nitro groups is 1. The molecule has 137 valence electrons. The number of anilines is 1. The molecule has 1 atom stereocenters. The van der Waals surface area contributed by atoms with E-state index in [1.165, 1.54) is 0 Å². The van der Waals surface area contributed by atoms with E-state index in [9.17, 15) is 10.1 Å². The van der Waals surface area contributed by atoms with Crippen LogP contribution in [-0.4, -0.2) is 43.0 Å². The van der Waals surface area contributed by atoms with Crippen LogP contribution in [0, 0.1) is 24.0 Å². The summed E-state index contributed by atoms with van der Waals surface area (Å²) in [6.45, 7) is 9.75. The van der Waals surface area contributed by atoms with Crippen molar-refractivity contribution in [1.82, 2.24) is 4.90 Å². The van der Waals surface area contributed by atoms with Crippen molar-refractivity contribution in [2.24, 2.45) is 0 Å². The number of piperazine rings is 1. The third-order valence-corrected chi connectivity index (χ3v) is 4.72. The molecule has 3 rings (SSSR count). The highest BCUT2D eigenvalue weighted by molar-refractivity contribution is 5.57. The summed E-state index contributed by atoms with van der Waals surface area (Å²) in [7, 11) is 2.10. The van der Waals surface area contributed by atoms with Crippen molar-refractivity contribution in [2.45, 2.75) is 13.0 Å². The Morgan fingerprint density at radius 1 is 1.12 bits per heavy atom. The Labute approximate surface area is 154 Å². The Balaban J connectivity index is 1.86. The van der Waals surface area contributed by atoms with Crippen molar-refractivity contribution >= 4 is 11.4 Å². The number of hydrogen-bond acceptors (Lipinski definition) is 5. The van der Waals surface area contributed by atoms with E-state index in [4.69, 9.17) is 4.74 Å². The summed E-state index contributed by atoms with van der Waals surface area (Å²) in [5, 5.41) is 11.5. The standard InChI is InChI=1S/C20H24N3O3/c1-15-4-7-18(8-5-15)26-16(2)19-14-17(6-9-20(19)23(24)25)22-12-10-21(3)11-13-22/h4-9,14,16H,2,10-13H2,1,3H3. The van der Waals surface area contributed by atoms with Gasteiger partial charge in [0.2, 0.25) is 0 Å². The van der Waals surface area contributed by atoms with Gasteiger partial charge in [0.15, 0.2) is 0 Å². The monoisotopic (exact) mass is 354 g/mol. The second-order valence-electron chi connectivity index (χ2n) is 6.71. The Bertz CT molecular complexity index is 768. The first-order valence-electron chi connectivity index (χ1n) is 8.72. The zero-order chi connectivity index (χ0) is 18.7. The first kappa shape index (κ1) is 18.2. The van der Waals surface area contributed by atoms with Gasteiger partial charge >= 0.3 is 0 Å². The molecule has 26 heavy (non-hydrogen) atoms. The zero-order valence-electron chi connectivity index (χ0n) is 15.2. The Morgan fingerprint density at radius 3 is 2.38 bits per heavy atom. The Hall–Kier alpha value is -2.60. The number of hydrogen-bond donors (Lipinski definition) is 0. The van der Waals surface area contributed by atoms with Crippen molar-refractivity contribution < 1.29 is 9.66 Å². The quantitative estimate of drug-likeness (QED) is 0.606. The smallest absolute Gasteiger partial charge is 0.276 e. The number of nitro benzene ring substituents is 1. The molecule has 0 aliphatic carbocycles. The van der Waals surface area contributed by atoms with E-state index in [-0.39, 0.29) is 10.6 Å². The molecule has 0 N–H and O–H groups in total. The molecule has 0 amide bonds. The molecule has 0 aromatic heterocycles. The molecule has 1 aliphatic rings. The molecule has 0 spiro atoms. The van der Waals surface area contributed by atoms with Crippen LogP contribution in [0.25, 0.3) is 0 Å². The van der Waals surface area contributed by atoms with E-state index >= 15 is 0 Å². The Kier molecular flexibility index (Phi) is 5.42. The summed E-state index contributed by atoms with van der Waals surface area (Å²) in [5.41, 5.74) is 2.63. The molecule has 1 unspecified atom stereocenters. The van der Waals surface area contributed by atoms with Gasteiger partial charge in [-0.05, 0) is 45.2 Å². The van der Waals surface area contributed by atoms with Crippen LogP contribution in [0.1, 0.15) is 17.2 Å². The SMILES string of the molecule is [CH2]C(Oc1ccc(C)cc1)c1cc(N2CCN(C)CC2)ccc1[N+](=O)[O-]. The van der Waals surface area contributed by atoms with E-state index < -0.39 is 6.10 Å². The van der Waals surface area contributed by atoms with Crippen LogP contribution in [0.15, 0.2) is 42.5 Å². The van der Waals surface area contributed by atoms with Gasteiger partial charge in [-0.2, -0.15) is 0 Å². The molecular weight excluding hydrogens is 330 g/mol. The number of rotatable bonds is 5. The summed E-state index contributed by atoms with van der Waals surface area (Å²) < 4.78 is 5.86. The molecule has 1 fully saturated rings. The molecule has 6 heteroatoms. The van der Waals surface area contributed by atoms with Gasteiger partial charge < -0.3 is 14.5 Å². The lowest BCUT2D eigenvalue weighted by Gasteiger charge is -2.34. The van der Waals surface area contributed by atoms with E-state index in [0.717, 1.165) is 37.4 Å². The van der Waals surface area contributed by atoms with Gasteiger partial charge in [0, 0.05) is 37.9 Å². The number of nitrogens with zero attached hydrogens (tertiary/aromatic N) is 3. The van der Waals surface area contributed by atoms with Crippen molar-refractivity contribution in [3.05, 3.63) is 70.6 Å². The molecule has 0 bridgehead atoms. The summed E-state index contributed by atoms with van der Waals surface area (Å²) in [5.74, 6) is 0.648. The van der Waals surface area contributed by atoms with Crippen LogP contribution in [0.3, 0.4) is 0 Å². The van der Waals surface area contributed by atoms with Gasteiger partial charge in [0.05, 0.1) is 10.5 Å². The maximum absolute atomic E-state index is 11.5. The predicted octanol–water partition coefficient (Wildman–Crippen LogP) is 3.61. The van der Waals surface area contributed by atoms with Crippen LogP contribution >= 0.6 is 0 Å². The van der Waals surface area contributed by atoms with Crippen molar-refractivity contribution in [3.8, 4) is 5.75 Å². The van der Waals surface area contributed by atoms with Crippen molar-refractivity contribution in [3.63, 3.8) is 0 Å². The van der Waals surface area contributed by atoms with Crippen LogP contribution < -0.4 is 9.64 Å². The van der Waals surface area contributed by atoms with E-state index in [0.29, 0.717) is 11.3 Å². The number of benzene rings is 2. The Morgan fingerprint density at radius 2 is 1.77 bits per heavy atom. The van der Waals surface area contributed by atoms with Gasteiger partial charge in [-0.3, -0.25) is 10.1 Å². The van der Waals surface area contributed by atoms with Gasteiger partial charge in [-0.1, -0.05) is 17.7 Å². The topological polar surface area (TPSA) is 58.8 Å². The first-order chi connectivity index (χ1) is 12.4. The van der Waals surface area contributed by atoms with Crippen LogP contribution in [-0.2, 0) is 0 Å². The number of aryl methyl sites for hydroxylation is 1. The predicted molar refractivity (Wildman–Crippen MR) is 103 cm³/mol. The third-order valence-electron chi connectivity index (χ3n) is 4.72. The molecule has 1 aliphatic heterocycles. The highest BCUT2D eigenvalue weighted by Crippen LogP contribution is 2.32. The lowest BCUT2D eigenvalue weighted by molar-refractivity contribution is -0.386. The second-order valence-corrected chi connectivity index (χ2v) is 6.71. The van der Waals surface area contributed by atoms with Crippen molar-refractivity contribution in [1.29, 1.82) is 0 Å². The van der Waals surface area contributed by atoms with Gasteiger partial charge in [0.25, 0.3) is 5.69 Å². The largest absolute Gasteiger partial charge is 0.485 e. The van der Waals surface area contributed by atoms with Crippen molar-refractivity contribution in [2.75, 3.05) is 38.1 Å². The maximum atomic E-state index is 11.5. The molecule has 2 aromatic rings. The normalized spacial score (nSPS) is 16.3. The molecule has 2 aromatic carbocycles. The minimum absolute atomic E-state index is 0.0370. The summed E-state index contributed by atoms with van der Waals surface area (Å²) in [4.78, 5) is 15.6. The van der Waals surface area contributed by atoms with E-state index in [1.54, 1.807) is 6.07 Å². The van der Waals surface area contributed by atoms with Gasteiger partial charge in [-0.25, -0.2) is 0 Å². The molecule has 1 heterocycles. The second kappa shape index (κ2) is 7.74. The summed E-state index contributed by atoms with van der Waals surface area (Å²) >= 11 is 0. The fourth-order valence-electron chi connectivity index (χ4n) is 3.07.